The van der Waals surface area contributed by atoms with Crippen molar-refractivity contribution in [3.05, 3.63) is 87.5 Å². The van der Waals surface area contributed by atoms with Crippen LogP contribution in [-0.4, -0.2) is 30.0 Å². The van der Waals surface area contributed by atoms with Crippen LogP contribution in [0.5, 0.6) is 11.5 Å². The van der Waals surface area contributed by atoms with Crippen molar-refractivity contribution in [2.24, 2.45) is 0 Å². The van der Waals surface area contributed by atoms with Crippen molar-refractivity contribution in [3.63, 3.8) is 0 Å². The molecule has 4 aromatic rings. The highest BCUT2D eigenvalue weighted by Gasteiger charge is 2.30. The van der Waals surface area contributed by atoms with Crippen LogP contribution < -0.4 is 14.4 Å². The van der Waals surface area contributed by atoms with Gasteiger partial charge in [-0.1, -0.05) is 54.7 Å². The molecule has 0 bridgehead atoms. The van der Waals surface area contributed by atoms with Gasteiger partial charge in [-0.05, 0) is 29.7 Å². The van der Waals surface area contributed by atoms with Gasteiger partial charge in [-0.25, -0.2) is 4.98 Å². The minimum absolute atomic E-state index is 0.105. The summed E-state index contributed by atoms with van der Waals surface area (Å²) in [6.45, 7) is 2.27. The summed E-state index contributed by atoms with van der Waals surface area (Å²) in [5, 5.41) is 12.3. The number of aromatic nitrogens is 1. The van der Waals surface area contributed by atoms with E-state index in [2.05, 4.69) is 18.0 Å². The van der Waals surface area contributed by atoms with Crippen LogP contribution in [0.15, 0.2) is 60.7 Å². The Morgan fingerprint density at radius 2 is 1.74 bits per heavy atom. The molecule has 9 heteroatoms. The number of ether oxygens (including phenoxy) is 2. The Morgan fingerprint density at radius 3 is 2.38 bits per heavy atom. The van der Waals surface area contributed by atoms with E-state index < -0.39 is 10.8 Å². The second kappa shape index (κ2) is 9.88. The predicted octanol–water partition coefficient (Wildman–Crippen LogP) is 5.63. The number of methoxy groups -OCH3 is 2. The number of rotatable bonds is 8. The van der Waals surface area contributed by atoms with Gasteiger partial charge in [0.05, 0.1) is 42.0 Å². The van der Waals surface area contributed by atoms with Crippen LogP contribution in [0.3, 0.4) is 0 Å². The molecule has 174 valence electrons. The fourth-order valence-electron chi connectivity index (χ4n) is 3.62. The zero-order valence-electron chi connectivity index (χ0n) is 19.0. The van der Waals surface area contributed by atoms with E-state index >= 15 is 0 Å². The Bertz CT molecular complexity index is 1350. The van der Waals surface area contributed by atoms with Crippen LogP contribution in [0.2, 0.25) is 0 Å². The average molecular weight is 478 g/mol. The molecule has 0 spiro atoms. The molecule has 1 aromatic heterocycles. The van der Waals surface area contributed by atoms with Gasteiger partial charge in [-0.15, -0.1) is 0 Å². The Balaban J connectivity index is 1.86. The summed E-state index contributed by atoms with van der Waals surface area (Å²) in [7, 11) is 2.80. The number of hydrogen-bond donors (Lipinski definition) is 0. The maximum Gasteiger partial charge on any atom is 0.286 e. The van der Waals surface area contributed by atoms with Gasteiger partial charge in [-0.3, -0.25) is 19.8 Å². The second-order valence-electron chi connectivity index (χ2n) is 7.51. The lowest BCUT2D eigenvalue weighted by molar-refractivity contribution is -0.385. The van der Waals surface area contributed by atoms with Gasteiger partial charge in [0.2, 0.25) is 0 Å². The van der Waals surface area contributed by atoms with Gasteiger partial charge >= 0.3 is 0 Å². The highest BCUT2D eigenvalue weighted by molar-refractivity contribution is 7.22. The predicted molar refractivity (Wildman–Crippen MR) is 132 cm³/mol. The van der Waals surface area contributed by atoms with Gasteiger partial charge in [-0.2, -0.15) is 0 Å². The number of aryl methyl sites for hydroxylation is 1. The lowest BCUT2D eigenvalue weighted by Crippen LogP contribution is -2.31. The molecular weight excluding hydrogens is 454 g/mol. The zero-order chi connectivity index (χ0) is 24.2. The van der Waals surface area contributed by atoms with E-state index in [1.807, 2.05) is 42.5 Å². The molecule has 1 heterocycles. The van der Waals surface area contributed by atoms with Crippen molar-refractivity contribution in [2.75, 3.05) is 19.1 Å². The molecule has 3 aromatic carbocycles. The maximum absolute atomic E-state index is 13.8. The van der Waals surface area contributed by atoms with Crippen molar-refractivity contribution in [2.45, 2.75) is 19.9 Å². The standard InChI is InChI=1S/C25H23N3O5S/c1-4-16-10-11-19-23(12-16)34-25(26-19)27(15-17-8-6-5-7-9-17)24(29)18-13-21(32-2)22(33-3)14-20(18)28(30)31/h5-14H,4,15H2,1-3H3. The summed E-state index contributed by atoms with van der Waals surface area (Å²) >= 11 is 1.38. The number of benzene rings is 3. The van der Waals surface area contributed by atoms with E-state index in [0.717, 1.165) is 22.2 Å². The lowest BCUT2D eigenvalue weighted by atomic mass is 10.1. The Kier molecular flexibility index (Phi) is 6.74. The van der Waals surface area contributed by atoms with E-state index in [1.54, 1.807) is 0 Å². The SMILES string of the molecule is CCc1ccc2nc(N(Cc3ccccc3)C(=O)c3cc(OC)c(OC)cc3[N+](=O)[O-])sc2c1. The lowest BCUT2D eigenvalue weighted by Gasteiger charge is -2.21. The number of nitrogens with zero attached hydrogens (tertiary/aromatic N) is 3. The van der Waals surface area contributed by atoms with Crippen LogP contribution in [0, 0.1) is 10.1 Å². The smallest absolute Gasteiger partial charge is 0.286 e. The monoisotopic (exact) mass is 477 g/mol. The summed E-state index contributed by atoms with van der Waals surface area (Å²) in [5.74, 6) is -0.147. The Morgan fingerprint density at radius 1 is 1.03 bits per heavy atom. The molecule has 0 radical (unpaired) electrons. The minimum atomic E-state index is -0.595. The summed E-state index contributed by atoms with van der Waals surface area (Å²) in [4.78, 5) is 31.2. The highest BCUT2D eigenvalue weighted by Crippen LogP contribution is 2.37. The molecule has 0 saturated carbocycles. The first kappa shape index (κ1) is 23.2. The van der Waals surface area contributed by atoms with Crippen molar-refractivity contribution in [3.8, 4) is 11.5 Å². The van der Waals surface area contributed by atoms with Gasteiger partial charge in [0, 0.05) is 6.07 Å². The van der Waals surface area contributed by atoms with Crippen molar-refractivity contribution in [1.29, 1.82) is 0 Å². The molecule has 4 rings (SSSR count). The first-order chi connectivity index (χ1) is 16.4. The Labute approximate surface area is 200 Å². The molecular formula is C25H23N3O5S. The Hall–Kier alpha value is -3.98. The third-order valence-corrected chi connectivity index (χ3v) is 6.48. The van der Waals surface area contributed by atoms with Gasteiger partial charge in [0.1, 0.15) is 5.56 Å². The van der Waals surface area contributed by atoms with Crippen molar-refractivity contribution < 1.29 is 19.2 Å². The molecule has 0 aliphatic heterocycles. The number of nitro benzene ring substituents is 1. The number of hydrogen-bond acceptors (Lipinski definition) is 7. The molecule has 0 aliphatic carbocycles. The number of anilines is 1. The third kappa shape index (κ3) is 4.55. The molecule has 0 atom stereocenters. The van der Waals surface area contributed by atoms with E-state index in [-0.39, 0.29) is 29.3 Å². The zero-order valence-corrected chi connectivity index (χ0v) is 19.8. The summed E-state index contributed by atoms with van der Waals surface area (Å²) in [5.41, 5.74) is 2.33. The van der Waals surface area contributed by atoms with Gasteiger partial charge in [0.25, 0.3) is 11.6 Å². The molecule has 0 saturated heterocycles. The number of carbonyl (C=O) groups is 1. The fraction of sp³-hybridized carbons (Fsp3) is 0.200. The molecule has 8 nitrogen and oxygen atoms in total. The first-order valence-corrected chi connectivity index (χ1v) is 11.4. The summed E-state index contributed by atoms with van der Waals surface area (Å²) in [6, 6.07) is 18.0. The molecule has 0 aliphatic rings. The average Bonchev–Trinajstić information content (AvgIpc) is 3.29. The van der Waals surface area contributed by atoms with E-state index in [1.165, 1.54) is 48.2 Å². The third-order valence-electron chi connectivity index (χ3n) is 5.44. The van der Waals surface area contributed by atoms with Crippen LogP contribution in [0.4, 0.5) is 10.8 Å². The van der Waals surface area contributed by atoms with Crippen molar-refractivity contribution >= 4 is 38.3 Å². The normalized spacial score (nSPS) is 10.8. The van der Waals surface area contributed by atoms with Crippen molar-refractivity contribution in [1.82, 2.24) is 4.98 Å². The molecule has 0 N–H and O–H groups in total. The summed E-state index contributed by atoms with van der Waals surface area (Å²) < 4.78 is 11.5. The van der Waals surface area contributed by atoms with E-state index in [0.29, 0.717) is 5.13 Å². The molecule has 1 amide bonds. The first-order valence-electron chi connectivity index (χ1n) is 10.6. The van der Waals surface area contributed by atoms with Crippen LogP contribution >= 0.6 is 11.3 Å². The molecule has 34 heavy (non-hydrogen) atoms. The number of amides is 1. The highest BCUT2D eigenvalue weighted by atomic mass is 32.1. The largest absolute Gasteiger partial charge is 0.493 e. The number of fused-ring (bicyclic) bond motifs is 1. The van der Waals surface area contributed by atoms with Crippen LogP contribution in [0.1, 0.15) is 28.4 Å². The number of carbonyl (C=O) groups excluding carboxylic acids is 1. The quantitative estimate of drug-likeness (QED) is 0.241. The minimum Gasteiger partial charge on any atom is -0.493 e. The number of thiazole rings is 1. The van der Waals surface area contributed by atoms with Crippen LogP contribution in [0.25, 0.3) is 10.2 Å². The fourth-order valence-corrected chi connectivity index (χ4v) is 4.65. The summed E-state index contributed by atoms with van der Waals surface area (Å²) in [6.07, 6.45) is 0.883. The molecule has 0 unspecified atom stereocenters. The van der Waals surface area contributed by atoms with Gasteiger partial charge in [0.15, 0.2) is 16.6 Å². The topological polar surface area (TPSA) is 94.8 Å². The van der Waals surface area contributed by atoms with E-state index in [9.17, 15) is 14.9 Å². The van der Waals surface area contributed by atoms with Crippen LogP contribution in [-0.2, 0) is 13.0 Å². The van der Waals surface area contributed by atoms with E-state index in [4.69, 9.17) is 9.47 Å². The second-order valence-corrected chi connectivity index (χ2v) is 8.52. The molecule has 0 fully saturated rings. The maximum atomic E-state index is 13.8. The number of nitro groups is 1. The van der Waals surface area contributed by atoms with Gasteiger partial charge < -0.3 is 9.47 Å².